The van der Waals surface area contributed by atoms with Crippen LogP contribution in [-0.2, 0) is 0 Å². The topological polar surface area (TPSA) is 259 Å². The molecular formula is C53H75N17O3. The number of carbonyl (C=O) groups is 3. The fourth-order valence-electron chi connectivity index (χ4n) is 12.6. The number of nitrogens with two attached hydrogens (primary N) is 3. The van der Waals surface area contributed by atoms with E-state index < -0.39 is 11.8 Å². The Morgan fingerprint density at radius 2 is 1.10 bits per heavy atom. The Hall–Kier alpha value is -6.25. The van der Waals surface area contributed by atoms with Crippen LogP contribution in [0.15, 0.2) is 48.5 Å². The number of aromatic nitrogens is 6. The average Bonchev–Trinajstić information content (AvgIpc) is 4.13. The molecule has 20 heteroatoms. The monoisotopic (exact) mass is 998 g/mol. The number of piperidine rings is 4. The number of anilines is 6. The van der Waals surface area contributed by atoms with Gasteiger partial charge in [-0.25, -0.2) is 4.79 Å². The number of nitrogens with one attached hydrogen (secondary N) is 3. The molecule has 6 aliphatic rings. The predicted octanol–water partition coefficient (Wildman–Crippen LogP) is 5.45. The van der Waals surface area contributed by atoms with Crippen LogP contribution in [0.3, 0.4) is 0 Å². The maximum atomic E-state index is 13.6. The minimum atomic E-state index is -0.700. The Labute approximate surface area is 429 Å². The molecule has 4 atom stereocenters. The molecule has 9 N–H and O–H groups in total. The fraction of sp³-hybridized carbons (Fsp3) is 0.604. The van der Waals surface area contributed by atoms with E-state index in [2.05, 4.69) is 75.4 Å². The first-order chi connectivity index (χ1) is 35.5. The van der Waals surface area contributed by atoms with Crippen LogP contribution >= 0.6 is 0 Å². The Morgan fingerprint density at radius 1 is 0.589 bits per heavy atom. The third-order valence-electron chi connectivity index (χ3n) is 16.7. The Balaban J connectivity index is 0.667. The smallest absolute Gasteiger partial charge is 0.317 e. The first-order valence-corrected chi connectivity index (χ1v) is 27.1. The van der Waals surface area contributed by atoms with E-state index >= 15 is 0 Å². The van der Waals surface area contributed by atoms with Gasteiger partial charge in [0.05, 0.1) is 0 Å². The molecule has 4 aromatic rings. The van der Waals surface area contributed by atoms with Gasteiger partial charge in [0.25, 0.3) is 11.8 Å². The quantitative estimate of drug-likeness (QED) is 0.0865. The van der Waals surface area contributed by atoms with E-state index in [0.29, 0.717) is 61.9 Å². The van der Waals surface area contributed by atoms with Crippen LogP contribution in [0, 0.1) is 5.92 Å². The third-order valence-corrected chi connectivity index (χ3v) is 16.7. The normalized spacial score (nSPS) is 23.9. The molecule has 4 aliphatic heterocycles. The average molecular weight is 998 g/mol. The fourth-order valence-corrected chi connectivity index (χ4v) is 12.6. The molecule has 2 saturated carbocycles. The van der Waals surface area contributed by atoms with Crippen molar-refractivity contribution in [2.45, 2.75) is 132 Å². The summed E-state index contributed by atoms with van der Waals surface area (Å²) in [6, 6.07) is 18.0. The number of hydrogen-bond acceptors (Lipinski definition) is 16. The molecule has 0 radical (unpaired) electrons. The molecule has 6 fully saturated rings. The van der Waals surface area contributed by atoms with Crippen LogP contribution in [0.2, 0.25) is 0 Å². The molecule has 73 heavy (non-hydrogen) atoms. The first-order valence-electron chi connectivity index (χ1n) is 27.1. The van der Waals surface area contributed by atoms with E-state index in [0.717, 1.165) is 94.8 Å². The second-order valence-corrected chi connectivity index (χ2v) is 21.7. The highest BCUT2D eigenvalue weighted by atomic mass is 16.2. The summed E-state index contributed by atoms with van der Waals surface area (Å²) in [4.78, 5) is 59.0. The van der Waals surface area contributed by atoms with Gasteiger partial charge in [-0.1, -0.05) is 37.1 Å². The van der Waals surface area contributed by atoms with Gasteiger partial charge in [0.15, 0.2) is 23.0 Å². The van der Waals surface area contributed by atoms with E-state index in [1.165, 1.54) is 62.7 Å². The maximum absolute atomic E-state index is 13.6. The van der Waals surface area contributed by atoms with Crippen LogP contribution < -0.4 is 43.0 Å². The van der Waals surface area contributed by atoms with Crippen molar-refractivity contribution < 1.29 is 14.4 Å². The van der Waals surface area contributed by atoms with Gasteiger partial charge in [0, 0.05) is 75.3 Å². The molecule has 2 aromatic heterocycles. The van der Waals surface area contributed by atoms with Crippen LogP contribution in [0.1, 0.15) is 140 Å². The number of nitrogens with zero attached hydrogens (tertiary/aromatic N) is 11. The zero-order valence-electron chi connectivity index (χ0n) is 42.5. The van der Waals surface area contributed by atoms with Crippen molar-refractivity contribution in [3.8, 4) is 0 Å². The molecule has 6 heterocycles. The number of rotatable bonds is 15. The van der Waals surface area contributed by atoms with Crippen LogP contribution in [-0.4, -0.2) is 153 Å². The minimum Gasteiger partial charge on any atom is -0.364 e. The molecular weight excluding hydrogens is 923 g/mol. The number of amides is 4. The van der Waals surface area contributed by atoms with E-state index in [-0.39, 0.29) is 41.1 Å². The highest BCUT2D eigenvalue weighted by molar-refractivity contribution is 5.96. The van der Waals surface area contributed by atoms with Crippen molar-refractivity contribution in [1.82, 2.24) is 50.4 Å². The number of likely N-dealkylation sites (tertiary alicyclic amines) is 2. The lowest BCUT2D eigenvalue weighted by Gasteiger charge is -2.36. The van der Waals surface area contributed by atoms with Gasteiger partial charge in [-0.3, -0.25) is 9.59 Å². The standard InChI is InChI=1S/C53H75N17O3/c1-66(31-34-10-19-44(30-34)68-28-22-38(23-29-68)36-13-17-40(18-14-36)57-49-45(47(55)71)62-64-51(60-49)69-24-4-6-39(54)32-69)53(73)59-42-7-5-25-70(33-42)52-61-50(46(48(56)72)63-65-52)58-41-15-11-35(12-16-41)37-20-26-67(27-21-37)43-8-2-3-9-43/h11-18,34,37-39,42-44H,2-10,19-33,54H2,1H3,(H2,55,71)(H2,56,72)(H,59,73)(H,57,60,64)(H,58,61,65)/t34?,39-,42-,44?/m1/s1. The molecule has 2 aliphatic carbocycles. The third kappa shape index (κ3) is 12.2. The lowest BCUT2D eigenvalue weighted by Crippen LogP contribution is -2.51. The summed E-state index contributed by atoms with van der Waals surface area (Å²) in [5, 5.41) is 26.7. The van der Waals surface area contributed by atoms with Crippen molar-refractivity contribution >= 4 is 52.8 Å². The number of carbonyl (C=O) groups excluding carboxylic acids is 3. The molecule has 20 nitrogen and oxygen atoms in total. The summed E-state index contributed by atoms with van der Waals surface area (Å²) in [6.45, 7) is 7.79. The van der Waals surface area contributed by atoms with Crippen molar-refractivity contribution in [2.75, 3.05) is 86.4 Å². The Kier molecular flexibility index (Phi) is 15.8. The Morgan fingerprint density at radius 3 is 1.62 bits per heavy atom. The molecule has 0 spiro atoms. The largest absolute Gasteiger partial charge is 0.364 e. The zero-order chi connectivity index (χ0) is 50.4. The lowest BCUT2D eigenvalue weighted by atomic mass is 9.88. The molecule has 2 aromatic carbocycles. The second-order valence-electron chi connectivity index (χ2n) is 21.7. The number of benzene rings is 2. The zero-order valence-corrected chi connectivity index (χ0v) is 42.5. The van der Waals surface area contributed by atoms with Crippen molar-refractivity contribution in [3.05, 3.63) is 71.0 Å². The summed E-state index contributed by atoms with van der Waals surface area (Å²) in [6.07, 6.45) is 16.9. The van der Waals surface area contributed by atoms with Crippen LogP contribution in [0.4, 0.5) is 39.7 Å². The summed E-state index contributed by atoms with van der Waals surface area (Å²) < 4.78 is 0. The Bertz CT molecular complexity index is 2530. The van der Waals surface area contributed by atoms with Gasteiger partial charge in [0.2, 0.25) is 11.9 Å². The highest BCUT2D eigenvalue weighted by Gasteiger charge is 2.34. The van der Waals surface area contributed by atoms with Gasteiger partial charge < -0.3 is 57.7 Å². The first kappa shape index (κ1) is 50.3. The molecule has 390 valence electrons. The summed E-state index contributed by atoms with van der Waals surface area (Å²) in [5.41, 5.74) is 21.8. The van der Waals surface area contributed by atoms with E-state index in [9.17, 15) is 14.4 Å². The van der Waals surface area contributed by atoms with Crippen molar-refractivity contribution in [1.29, 1.82) is 0 Å². The summed E-state index contributed by atoms with van der Waals surface area (Å²) in [5.74, 6) is 1.44. The van der Waals surface area contributed by atoms with Gasteiger partial charge in [0.1, 0.15) is 0 Å². The maximum Gasteiger partial charge on any atom is 0.317 e. The molecule has 10 rings (SSSR count). The molecule has 4 saturated heterocycles. The molecule has 0 bridgehead atoms. The second kappa shape index (κ2) is 22.9. The number of primary amides is 2. The van der Waals surface area contributed by atoms with E-state index in [1.807, 2.05) is 46.0 Å². The predicted molar refractivity (Wildman–Crippen MR) is 282 cm³/mol. The highest BCUT2D eigenvalue weighted by Crippen LogP contribution is 2.37. The number of urea groups is 1. The van der Waals surface area contributed by atoms with E-state index in [4.69, 9.17) is 22.2 Å². The van der Waals surface area contributed by atoms with Crippen LogP contribution in [0.5, 0.6) is 0 Å². The summed E-state index contributed by atoms with van der Waals surface area (Å²) in [7, 11) is 1.90. The minimum absolute atomic E-state index is 0.00202. The van der Waals surface area contributed by atoms with Crippen molar-refractivity contribution in [3.63, 3.8) is 0 Å². The molecule has 2 unspecified atom stereocenters. The van der Waals surface area contributed by atoms with Gasteiger partial charge >= 0.3 is 6.03 Å². The van der Waals surface area contributed by atoms with Gasteiger partial charge in [-0.15, -0.1) is 20.4 Å². The van der Waals surface area contributed by atoms with Crippen molar-refractivity contribution in [2.24, 2.45) is 23.1 Å². The van der Waals surface area contributed by atoms with Crippen LogP contribution in [0.25, 0.3) is 0 Å². The summed E-state index contributed by atoms with van der Waals surface area (Å²) >= 11 is 0. The number of hydrogen-bond donors (Lipinski definition) is 6. The van der Waals surface area contributed by atoms with Gasteiger partial charge in [-0.2, -0.15) is 9.97 Å². The molecule has 4 amide bonds. The lowest BCUT2D eigenvalue weighted by molar-refractivity contribution is 0.0986. The van der Waals surface area contributed by atoms with Gasteiger partial charge in [-0.05, 0) is 163 Å². The van der Waals surface area contributed by atoms with E-state index in [1.54, 1.807) is 0 Å². The SMILES string of the molecule is CN(CC1CCC(N2CCC(c3ccc(Nc4nc(N5CCC[C@@H](N)C5)nnc4C(N)=O)cc3)CC2)C1)C(=O)N[C@@H]1CCCN(c2nnc(C(N)=O)c(Nc3ccc(C4CCN(C5CCCC5)CC4)cc3)n2)C1.